The van der Waals surface area contributed by atoms with Crippen LogP contribution in [0.1, 0.15) is 12.8 Å². The lowest BCUT2D eigenvalue weighted by Gasteiger charge is -2.04. The maximum atomic E-state index is 12.0. The molecule has 1 aliphatic rings. The predicted octanol–water partition coefficient (Wildman–Crippen LogP) is 2.40. The van der Waals surface area contributed by atoms with Gasteiger partial charge in [-0.25, -0.2) is 0 Å². The van der Waals surface area contributed by atoms with Crippen molar-refractivity contribution in [2.75, 3.05) is 0 Å². The Morgan fingerprint density at radius 1 is 0.889 bits per heavy atom. The molecule has 0 unspecified atom stereocenters. The summed E-state index contributed by atoms with van der Waals surface area (Å²) in [4.78, 5) is 32.5. The number of amides is 2. The van der Waals surface area contributed by atoms with E-state index < -0.39 is 11.8 Å². The summed E-state index contributed by atoms with van der Waals surface area (Å²) in [5.74, 6) is -1.06. The van der Waals surface area contributed by atoms with Crippen molar-refractivity contribution in [3.8, 4) is 22.8 Å². The third kappa shape index (κ3) is 3.80. The molecule has 4 rings (SSSR count). The van der Waals surface area contributed by atoms with Crippen molar-refractivity contribution in [1.29, 1.82) is 0 Å². The highest BCUT2D eigenvalue weighted by molar-refractivity contribution is 6.00. The molecule has 8 nitrogen and oxygen atoms in total. The van der Waals surface area contributed by atoms with Crippen molar-refractivity contribution in [2.24, 2.45) is 0 Å². The molecule has 1 aliphatic heterocycles. The highest BCUT2D eigenvalue weighted by atomic mass is 16.5. The summed E-state index contributed by atoms with van der Waals surface area (Å²) in [6, 6.07) is 12.9. The van der Waals surface area contributed by atoms with Gasteiger partial charge in [0.05, 0.1) is 0 Å². The van der Waals surface area contributed by atoms with Gasteiger partial charge < -0.3 is 14.6 Å². The topological polar surface area (TPSA) is 128 Å². The van der Waals surface area contributed by atoms with E-state index in [1.54, 1.807) is 0 Å². The summed E-state index contributed by atoms with van der Waals surface area (Å²) in [6.07, 6.45) is 0.296. The second kappa shape index (κ2) is 7.30. The van der Waals surface area contributed by atoms with E-state index in [1.165, 1.54) is 12.1 Å². The molecule has 138 valence electrons. The molecule has 0 aliphatic carbocycles. The average Bonchev–Trinajstić information content (AvgIpc) is 2.93. The lowest BCUT2D eigenvalue weighted by atomic mass is 10.1. The third-order valence-corrected chi connectivity index (χ3v) is 3.88. The number of phenols is 2. The Kier molecular flexibility index (Phi) is 4.91. The Balaban J connectivity index is 0.000000221. The molecule has 2 heterocycles. The van der Waals surface area contributed by atoms with Gasteiger partial charge in [0.15, 0.2) is 5.43 Å². The van der Waals surface area contributed by atoms with Crippen LogP contribution in [0.5, 0.6) is 11.5 Å². The number of carbonyl (C=O) groups is 2. The SMILES string of the molecule is O=C1CCC(=O)N1O.O=c1cc(-c2ccccc2)oc2cc(O)cc(O)c12. The van der Waals surface area contributed by atoms with E-state index in [-0.39, 0.29) is 45.8 Å². The van der Waals surface area contributed by atoms with Crippen molar-refractivity contribution in [3.05, 3.63) is 58.8 Å². The molecule has 1 aromatic heterocycles. The van der Waals surface area contributed by atoms with Crippen LogP contribution in [0.25, 0.3) is 22.3 Å². The molecule has 27 heavy (non-hydrogen) atoms. The second-order valence-electron chi connectivity index (χ2n) is 5.78. The lowest BCUT2D eigenvalue weighted by Crippen LogP contribution is -2.24. The molecule has 2 amide bonds. The standard InChI is InChI=1S/C15H10O4.C4H5NO3/c16-10-6-11(17)15-12(18)8-13(19-14(15)7-10)9-4-2-1-3-5-9;6-3-1-2-4(7)5(3)8/h1-8,16-17H;8H,1-2H2. The number of phenolic OH excluding ortho intramolecular Hbond substituents is 2. The Morgan fingerprint density at radius 2 is 1.52 bits per heavy atom. The molecule has 0 spiro atoms. The zero-order valence-electron chi connectivity index (χ0n) is 14.0. The zero-order chi connectivity index (χ0) is 19.6. The summed E-state index contributed by atoms with van der Waals surface area (Å²) < 4.78 is 5.57. The van der Waals surface area contributed by atoms with E-state index in [9.17, 15) is 24.6 Å². The summed E-state index contributed by atoms with van der Waals surface area (Å²) >= 11 is 0. The van der Waals surface area contributed by atoms with Gasteiger partial charge in [-0.2, -0.15) is 5.06 Å². The van der Waals surface area contributed by atoms with Gasteiger partial charge in [-0.3, -0.25) is 19.6 Å². The summed E-state index contributed by atoms with van der Waals surface area (Å²) in [7, 11) is 0. The van der Waals surface area contributed by atoms with Crippen LogP contribution in [0.2, 0.25) is 0 Å². The molecule has 1 saturated heterocycles. The van der Waals surface area contributed by atoms with Crippen LogP contribution >= 0.6 is 0 Å². The van der Waals surface area contributed by atoms with E-state index in [1.807, 2.05) is 30.3 Å². The lowest BCUT2D eigenvalue weighted by molar-refractivity contribution is -0.171. The average molecular weight is 369 g/mol. The Labute approximate surface area is 152 Å². The Bertz CT molecular complexity index is 1060. The summed E-state index contributed by atoms with van der Waals surface area (Å²) in [5, 5.41) is 27.7. The van der Waals surface area contributed by atoms with E-state index in [2.05, 4.69) is 0 Å². The minimum absolute atomic E-state index is 0.0671. The van der Waals surface area contributed by atoms with Gasteiger partial charge >= 0.3 is 0 Å². The van der Waals surface area contributed by atoms with Crippen molar-refractivity contribution in [1.82, 2.24) is 5.06 Å². The van der Waals surface area contributed by atoms with Crippen molar-refractivity contribution in [3.63, 3.8) is 0 Å². The van der Waals surface area contributed by atoms with Crippen LogP contribution in [-0.2, 0) is 9.59 Å². The number of rotatable bonds is 1. The van der Waals surface area contributed by atoms with Crippen LogP contribution in [-0.4, -0.2) is 32.3 Å². The minimum Gasteiger partial charge on any atom is -0.508 e. The molecule has 0 radical (unpaired) electrons. The van der Waals surface area contributed by atoms with E-state index >= 15 is 0 Å². The van der Waals surface area contributed by atoms with Crippen LogP contribution in [0.4, 0.5) is 0 Å². The van der Waals surface area contributed by atoms with E-state index in [4.69, 9.17) is 9.62 Å². The molecule has 3 aromatic rings. The van der Waals surface area contributed by atoms with Gasteiger partial charge in [0, 0.05) is 36.6 Å². The predicted molar refractivity (Wildman–Crippen MR) is 94.1 cm³/mol. The normalized spacial score (nSPS) is 13.6. The molecule has 1 fully saturated rings. The minimum atomic E-state index is -0.505. The molecule has 0 atom stereocenters. The van der Waals surface area contributed by atoms with E-state index in [0.29, 0.717) is 5.76 Å². The highest BCUT2D eigenvalue weighted by Crippen LogP contribution is 2.30. The van der Waals surface area contributed by atoms with Gasteiger partial charge in [-0.05, 0) is 0 Å². The fourth-order valence-electron chi connectivity index (χ4n) is 2.56. The Hall–Kier alpha value is -3.65. The maximum absolute atomic E-state index is 12.0. The van der Waals surface area contributed by atoms with Crippen LogP contribution in [0.15, 0.2) is 57.7 Å². The zero-order valence-corrected chi connectivity index (χ0v) is 14.0. The van der Waals surface area contributed by atoms with E-state index in [0.717, 1.165) is 11.6 Å². The maximum Gasteiger partial charge on any atom is 0.253 e. The highest BCUT2D eigenvalue weighted by Gasteiger charge is 2.26. The van der Waals surface area contributed by atoms with Crippen LogP contribution < -0.4 is 5.43 Å². The molecule has 0 saturated carbocycles. The largest absolute Gasteiger partial charge is 0.508 e. The number of benzene rings is 2. The van der Waals surface area contributed by atoms with Gasteiger partial charge in [0.2, 0.25) is 0 Å². The molecule has 8 heteroatoms. The van der Waals surface area contributed by atoms with Crippen molar-refractivity contribution >= 4 is 22.8 Å². The fraction of sp³-hybridized carbons (Fsp3) is 0.105. The first kappa shape index (κ1) is 18.2. The number of hydrogen-bond donors (Lipinski definition) is 3. The van der Waals surface area contributed by atoms with Crippen molar-refractivity contribution < 1.29 is 29.4 Å². The summed E-state index contributed by atoms with van der Waals surface area (Å²) in [5.41, 5.74) is 0.561. The third-order valence-electron chi connectivity index (χ3n) is 3.88. The molecular weight excluding hydrogens is 354 g/mol. The number of hydrogen-bond acceptors (Lipinski definition) is 7. The van der Waals surface area contributed by atoms with Crippen LogP contribution in [0.3, 0.4) is 0 Å². The molecule has 3 N–H and O–H groups in total. The first-order chi connectivity index (χ1) is 12.9. The molecular formula is C19H15NO7. The smallest absolute Gasteiger partial charge is 0.253 e. The quantitative estimate of drug-likeness (QED) is 0.444. The van der Waals surface area contributed by atoms with Crippen molar-refractivity contribution in [2.45, 2.75) is 12.8 Å². The number of fused-ring (bicyclic) bond motifs is 1. The second-order valence-corrected chi connectivity index (χ2v) is 5.78. The molecule has 2 aromatic carbocycles. The van der Waals surface area contributed by atoms with Gasteiger partial charge in [-0.1, -0.05) is 30.3 Å². The van der Waals surface area contributed by atoms with Gasteiger partial charge in [-0.15, -0.1) is 0 Å². The van der Waals surface area contributed by atoms with Gasteiger partial charge in [0.1, 0.15) is 28.2 Å². The number of hydroxylamine groups is 2. The molecule has 0 bridgehead atoms. The fourth-order valence-corrected chi connectivity index (χ4v) is 2.56. The van der Waals surface area contributed by atoms with Gasteiger partial charge in [0.25, 0.3) is 11.8 Å². The summed E-state index contributed by atoms with van der Waals surface area (Å²) in [6.45, 7) is 0. The number of nitrogens with zero attached hydrogens (tertiary/aromatic N) is 1. The first-order valence-corrected chi connectivity index (χ1v) is 7.96. The Morgan fingerprint density at radius 3 is 2.07 bits per heavy atom. The van der Waals surface area contributed by atoms with Crippen LogP contribution in [0, 0.1) is 0 Å². The number of imide groups is 1. The monoisotopic (exact) mass is 369 g/mol. The number of aromatic hydroxyl groups is 2. The first-order valence-electron chi connectivity index (χ1n) is 7.96. The number of carbonyl (C=O) groups excluding carboxylic acids is 2.